The smallest absolute Gasteiger partial charge is 0.500 e. The predicted molar refractivity (Wildman–Crippen MR) is 255 cm³/mol. The van der Waals surface area contributed by atoms with Crippen LogP contribution in [0.5, 0.6) is 5.75 Å². The van der Waals surface area contributed by atoms with Crippen molar-refractivity contribution in [3.8, 4) is 40.0 Å². The largest absolute Gasteiger partial charge is 0.507 e. The Balaban J connectivity index is 1.53. The molecule has 0 unspecified atom stereocenters. The van der Waals surface area contributed by atoms with Crippen molar-refractivity contribution in [1.82, 2.24) is 20.6 Å². The number of nitrogens with one attached hydrogen (secondary N) is 3. The van der Waals surface area contributed by atoms with Gasteiger partial charge in [0.25, 0.3) is 0 Å². The van der Waals surface area contributed by atoms with Gasteiger partial charge in [0.1, 0.15) is 34.5 Å². The molecule has 4 N–H and O–H groups in total. The molecule has 66 heavy (non-hydrogen) atoms. The number of phenolic OH excluding ortho intramolecular Hbond substituents is 1. The van der Waals surface area contributed by atoms with Gasteiger partial charge in [-0.3, -0.25) is 0 Å². The first kappa shape index (κ1) is 54.1. The molecule has 4 rings (SSSR count). The van der Waals surface area contributed by atoms with Gasteiger partial charge in [-0.2, -0.15) is 0 Å². The van der Waals surface area contributed by atoms with Gasteiger partial charge in [0, 0.05) is 81.5 Å². The third-order valence-corrected chi connectivity index (χ3v) is 16.5. The first-order chi connectivity index (χ1) is 31.4. The molecular formula is C47H74N4O13Si2. The molecule has 0 spiro atoms. The maximum Gasteiger partial charge on any atom is 0.500 e. The third-order valence-electron chi connectivity index (χ3n) is 10.2. The van der Waals surface area contributed by atoms with Crippen LogP contribution >= 0.6 is 0 Å². The summed E-state index contributed by atoms with van der Waals surface area (Å²) in [4.78, 5) is 33.9. The molecule has 368 valence electrons. The molecular weight excluding hydrogens is 885 g/mol. The Morgan fingerprint density at radius 2 is 1.03 bits per heavy atom. The molecule has 0 atom stereocenters. The van der Waals surface area contributed by atoms with Gasteiger partial charge >= 0.3 is 29.8 Å². The van der Waals surface area contributed by atoms with Crippen molar-refractivity contribution in [1.29, 1.82) is 0 Å². The minimum atomic E-state index is -2.83. The lowest BCUT2D eigenvalue weighted by atomic mass is 9.78. The summed E-state index contributed by atoms with van der Waals surface area (Å²) in [7, 11) is -5.66. The Labute approximate surface area is 392 Å². The fraction of sp³-hybridized carbons (Fsp3) is 0.596. The molecule has 4 aromatic rings. The van der Waals surface area contributed by atoms with Gasteiger partial charge in [0.2, 0.25) is 0 Å². The normalized spacial score (nSPS) is 12.4. The van der Waals surface area contributed by atoms with Crippen LogP contribution in [0.3, 0.4) is 0 Å². The lowest BCUT2D eigenvalue weighted by Gasteiger charge is -2.28. The van der Waals surface area contributed by atoms with Crippen molar-refractivity contribution in [3.05, 3.63) is 59.0 Å². The van der Waals surface area contributed by atoms with E-state index in [0.29, 0.717) is 118 Å². The average Bonchev–Trinajstić information content (AvgIpc) is 4.03. The van der Waals surface area contributed by atoms with Gasteiger partial charge in [-0.15, -0.1) is 0 Å². The molecule has 0 radical (unpaired) electrons. The van der Waals surface area contributed by atoms with E-state index in [1.807, 2.05) is 53.7 Å². The lowest BCUT2D eigenvalue weighted by molar-refractivity contribution is 0.0699. The van der Waals surface area contributed by atoms with Crippen molar-refractivity contribution in [2.24, 2.45) is 0 Å². The number of rotatable bonds is 27. The first-order valence-electron chi connectivity index (χ1n) is 23.2. The molecule has 0 bridgehead atoms. The molecule has 0 aliphatic rings. The predicted octanol–water partition coefficient (Wildman–Crippen LogP) is 10.2. The van der Waals surface area contributed by atoms with E-state index < -0.39 is 29.8 Å². The molecule has 17 nitrogen and oxygen atoms in total. The zero-order valence-corrected chi connectivity index (χ0v) is 43.2. The van der Waals surface area contributed by atoms with Gasteiger partial charge in [-0.25, -0.2) is 14.6 Å². The number of ether oxygens (including phenoxy) is 2. The molecule has 0 aliphatic carbocycles. The zero-order chi connectivity index (χ0) is 48.5. The van der Waals surface area contributed by atoms with Gasteiger partial charge < -0.3 is 65.6 Å². The lowest BCUT2D eigenvalue weighted by Crippen LogP contribution is -2.46. The molecule has 2 amide bonds. The number of aromatic nitrogens is 2. The number of carbonyl (C=O) groups excluding carboxylic acids is 2. The van der Waals surface area contributed by atoms with E-state index in [0.717, 1.165) is 16.7 Å². The van der Waals surface area contributed by atoms with E-state index in [2.05, 4.69) is 57.2 Å². The molecule has 3 heterocycles. The fourth-order valence-electron chi connectivity index (χ4n) is 7.32. The van der Waals surface area contributed by atoms with E-state index >= 15 is 0 Å². The Morgan fingerprint density at radius 3 is 1.42 bits per heavy atom. The number of aromatic hydroxyl groups is 1. The maximum absolute atomic E-state index is 12.7. The van der Waals surface area contributed by atoms with Crippen LogP contribution in [-0.2, 0) is 60.1 Å². The molecule has 0 fully saturated rings. The number of H-pyrrole nitrogens is 1. The highest BCUT2D eigenvalue weighted by molar-refractivity contribution is 6.61. The summed E-state index contributed by atoms with van der Waals surface area (Å²) in [6, 6.07) is 11.9. The molecule has 1 aromatic carbocycles. The number of hydrogen-bond acceptors (Lipinski definition) is 14. The maximum atomic E-state index is 12.7. The van der Waals surface area contributed by atoms with Gasteiger partial charge in [0.15, 0.2) is 24.7 Å². The number of nitrogens with zero attached hydrogens (tertiary/aromatic N) is 1. The summed E-state index contributed by atoms with van der Waals surface area (Å²) in [5.74, 6) is 2.35. The van der Waals surface area contributed by atoms with Crippen molar-refractivity contribution in [2.75, 3.05) is 52.7 Å². The summed E-state index contributed by atoms with van der Waals surface area (Å²) >= 11 is 0. The summed E-state index contributed by atoms with van der Waals surface area (Å²) < 4.78 is 59.0. The van der Waals surface area contributed by atoms with Crippen LogP contribution in [0.4, 0.5) is 9.59 Å². The highest BCUT2D eigenvalue weighted by Gasteiger charge is 2.40. The van der Waals surface area contributed by atoms with E-state index in [4.69, 9.17) is 49.8 Å². The van der Waals surface area contributed by atoms with Crippen LogP contribution in [0.15, 0.2) is 45.2 Å². The summed E-state index contributed by atoms with van der Waals surface area (Å²) in [5, 5.41) is 17.0. The molecule has 0 saturated carbocycles. The number of amides is 2. The quantitative estimate of drug-likeness (QED) is 0.0324. The highest BCUT2D eigenvalue weighted by Crippen LogP contribution is 2.43. The average molecular weight is 959 g/mol. The van der Waals surface area contributed by atoms with E-state index in [9.17, 15) is 14.7 Å². The van der Waals surface area contributed by atoms with E-state index in [-0.39, 0.29) is 29.8 Å². The number of furan rings is 2. The Bertz CT molecular complexity index is 1950. The SMILES string of the molecule is CCO[Si](CCCNC(=O)OCc1ccc(-c2nc(-c3cc(C(C)(C)C)c(O)c(C(C)(C)C)c3)[nH]c2-c2ccc(COC(=O)NCCC[Si](OCC)(OCC)OCC)o2)o1)(OCC)OCC. The van der Waals surface area contributed by atoms with Gasteiger partial charge in [-0.05, 0) is 102 Å². The molecule has 0 saturated heterocycles. The number of aromatic amines is 1. The third kappa shape index (κ3) is 15.3. The van der Waals surface area contributed by atoms with Crippen molar-refractivity contribution < 1.29 is 59.6 Å². The standard InChI is InChI=1S/C47H74N4O13Si2/c1-13-57-65(58-14-2,59-15-3)27-19-25-48-44(53)55-31-34-21-23-38(63-34)40-41(51-43(50-40)33-29-36(46(7,8)9)42(52)37(30-33)47(10,11)12)39-24-22-35(64-39)32-56-45(54)49-26-20-28-66(60-16-4,61-17-5)62-18-6/h21-24,29-30,52H,13-20,25-28,31-32H2,1-12H3,(H,48,53)(H,49,54)(H,50,51). The van der Waals surface area contributed by atoms with Crippen LogP contribution in [0, 0.1) is 0 Å². The number of imidazole rings is 1. The van der Waals surface area contributed by atoms with E-state index in [1.54, 1.807) is 24.3 Å². The van der Waals surface area contributed by atoms with E-state index in [1.165, 1.54) is 0 Å². The number of alkyl carbamates (subject to hydrolysis) is 2. The monoisotopic (exact) mass is 958 g/mol. The van der Waals surface area contributed by atoms with Gasteiger partial charge in [-0.1, -0.05) is 41.5 Å². The molecule has 0 aliphatic heterocycles. The Hall–Kier alpha value is -4.48. The number of benzene rings is 1. The van der Waals surface area contributed by atoms with Crippen molar-refractivity contribution in [2.45, 2.75) is 132 Å². The topological polar surface area (TPSA) is 207 Å². The first-order valence-corrected chi connectivity index (χ1v) is 27.0. The second-order valence-corrected chi connectivity index (χ2v) is 22.9. The second-order valence-electron chi connectivity index (χ2n) is 17.4. The number of hydrogen-bond donors (Lipinski definition) is 4. The number of phenols is 1. The van der Waals surface area contributed by atoms with Crippen LogP contribution in [-0.4, -0.2) is 97.6 Å². The Kier molecular flexibility index (Phi) is 20.5. The summed E-state index contributed by atoms with van der Waals surface area (Å²) in [6.07, 6.45) is -0.0291. The summed E-state index contributed by atoms with van der Waals surface area (Å²) in [5.41, 5.74) is 2.46. The zero-order valence-electron chi connectivity index (χ0n) is 41.2. The fourth-order valence-corrected chi connectivity index (χ4v) is 12.5. The van der Waals surface area contributed by atoms with Crippen LogP contribution in [0.2, 0.25) is 12.1 Å². The molecule has 3 aromatic heterocycles. The van der Waals surface area contributed by atoms with Gasteiger partial charge in [0.05, 0.1) is 0 Å². The number of carbonyl (C=O) groups is 2. The summed E-state index contributed by atoms with van der Waals surface area (Å²) in [6.45, 7) is 27.0. The van der Waals surface area contributed by atoms with Crippen molar-refractivity contribution >= 4 is 29.8 Å². The minimum Gasteiger partial charge on any atom is -0.507 e. The highest BCUT2D eigenvalue weighted by atomic mass is 28.4. The van der Waals surface area contributed by atoms with Crippen LogP contribution < -0.4 is 10.6 Å². The van der Waals surface area contributed by atoms with Crippen molar-refractivity contribution in [3.63, 3.8) is 0 Å². The van der Waals surface area contributed by atoms with Crippen LogP contribution in [0.1, 0.15) is 119 Å². The Morgan fingerprint density at radius 1 is 0.636 bits per heavy atom. The van der Waals surface area contributed by atoms with Crippen LogP contribution in [0.25, 0.3) is 34.3 Å². The minimum absolute atomic E-state index is 0.127. The molecule has 19 heteroatoms. The second kappa shape index (κ2) is 25.0.